The quantitative estimate of drug-likeness (QED) is 0.910. The normalized spacial score (nSPS) is 11.7. The third kappa shape index (κ3) is 3.45. The lowest BCUT2D eigenvalue weighted by Crippen LogP contribution is -2.11. The second-order valence-corrected chi connectivity index (χ2v) is 4.64. The van der Waals surface area contributed by atoms with E-state index >= 15 is 0 Å². The first-order valence-corrected chi connectivity index (χ1v) is 6.39. The Bertz CT molecular complexity index is 633. The molecule has 0 unspecified atom stereocenters. The van der Waals surface area contributed by atoms with E-state index in [2.05, 4.69) is 15.4 Å². The zero-order valence-electron chi connectivity index (χ0n) is 11.7. The Morgan fingerprint density at radius 1 is 1.38 bits per heavy atom. The molecule has 0 bridgehead atoms. The molecule has 0 radical (unpaired) electrons. The van der Waals surface area contributed by atoms with E-state index in [0.717, 1.165) is 29.9 Å². The molecule has 2 heterocycles. The zero-order valence-corrected chi connectivity index (χ0v) is 11.7. The summed E-state index contributed by atoms with van der Waals surface area (Å²) in [5.41, 5.74) is 6.89. The smallest absolute Gasteiger partial charge is 0.396 e. The molecule has 2 aromatic rings. The number of nitrogens with one attached hydrogen (secondary N) is 1. The van der Waals surface area contributed by atoms with Crippen LogP contribution in [0.5, 0.6) is 0 Å². The first-order chi connectivity index (χ1) is 9.81. The fourth-order valence-corrected chi connectivity index (χ4v) is 1.99. The summed E-state index contributed by atoms with van der Waals surface area (Å²) in [6.07, 6.45) is -0.909. The summed E-state index contributed by atoms with van der Waals surface area (Å²) in [7, 11) is 1.80. The number of halogens is 3. The fourth-order valence-electron chi connectivity index (χ4n) is 1.99. The molecule has 2 aromatic heterocycles. The van der Waals surface area contributed by atoms with Crippen molar-refractivity contribution in [3.05, 3.63) is 35.4 Å². The van der Waals surface area contributed by atoms with Gasteiger partial charge in [-0.2, -0.15) is 18.3 Å². The molecule has 0 amide bonds. The summed E-state index contributed by atoms with van der Waals surface area (Å²) in [6, 6.07) is 0.914. The molecule has 3 N–H and O–H groups in total. The third-order valence-corrected chi connectivity index (χ3v) is 3.02. The number of anilines is 2. The van der Waals surface area contributed by atoms with Crippen molar-refractivity contribution in [1.82, 2.24) is 14.8 Å². The number of alkyl halides is 3. The zero-order chi connectivity index (χ0) is 15.6. The first kappa shape index (κ1) is 15.1. The van der Waals surface area contributed by atoms with Gasteiger partial charge in [0.25, 0.3) is 0 Å². The number of nitrogen functional groups attached to an aromatic ring is 1. The van der Waals surface area contributed by atoms with E-state index in [-0.39, 0.29) is 11.4 Å². The van der Waals surface area contributed by atoms with Gasteiger partial charge in [0.05, 0.1) is 23.3 Å². The number of rotatable bonds is 4. The van der Waals surface area contributed by atoms with Gasteiger partial charge < -0.3 is 11.1 Å². The second kappa shape index (κ2) is 5.63. The maximum Gasteiger partial charge on any atom is 0.433 e. The van der Waals surface area contributed by atoms with Crippen LogP contribution in [0, 0.1) is 0 Å². The van der Waals surface area contributed by atoms with Crippen LogP contribution in [0.25, 0.3) is 0 Å². The standard InChI is InChI=1S/C13H16F3N5/c1-3-10-8(7-21(2)20-10)5-18-11-4-12(13(14,15)16)19-6-9(11)17/h4,6-7H,3,5,17H2,1-2H3,(H,18,19). The highest BCUT2D eigenvalue weighted by molar-refractivity contribution is 5.65. The highest BCUT2D eigenvalue weighted by Crippen LogP contribution is 2.31. The van der Waals surface area contributed by atoms with Crippen molar-refractivity contribution in [1.29, 1.82) is 0 Å². The second-order valence-electron chi connectivity index (χ2n) is 4.64. The van der Waals surface area contributed by atoms with Gasteiger partial charge >= 0.3 is 6.18 Å². The van der Waals surface area contributed by atoms with Crippen LogP contribution in [0.3, 0.4) is 0 Å². The van der Waals surface area contributed by atoms with Crippen molar-refractivity contribution in [3.63, 3.8) is 0 Å². The predicted molar refractivity (Wildman–Crippen MR) is 73.6 cm³/mol. The minimum atomic E-state index is -4.49. The summed E-state index contributed by atoms with van der Waals surface area (Å²) < 4.78 is 39.6. The molecule has 0 saturated carbocycles. The fraction of sp³-hybridized carbons (Fsp3) is 0.385. The van der Waals surface area contributed by atoms with Crippen LogP contribution in [0.1, 0.15) is 23.9 Å². The number of hydrogen-bond acceptors (Lipinski definition) is 4. The van der Waals surface area contributed by atoms with Crippen LogP contribution in [0.2, 0.25) is 0 Å². The Morgan fingerprint density at radius 2 is 2.10 bits per heavy atom. The van der Waals surface area contributed by atoms with Gasteiger partial charge in [-0.15, -0.1) is 0 Å². The Morgan fingerprint density at radius 3 is 2.71 bits per heavy atom. The van der Waals surface area contributed by atoms with Gasteiger partial charge in [-0.05, 0) is 12.5 Å². The Hall–Kier alpha value is -2.25. The topological polar surface area (TPSA) is 68.8 Å². The third-order valence-electron chi connectivity index (χ3n) is 3.02. The molecule has 8 heteroatoms. The number of nitrogens with zero attached hydrogens (tertiary/aromatic N) is 3. The van der Waals surface area contributed by atoms with Gasteiger partial charge in [0.1, 0.15) is 5.69 Å². The van der Waals surface area contributed by atoms with Gasteiger partial charge in [0.2, 0.25) is 0 Å². The van der Waals surface area contributed by atoms with Crippen LogP contribution in [-0.2, 0) is 26.2 Å². The van der Waals surface area contributed by atoms with E-state index in [1.807, 2.05) is 13.1 Å². The van der Waals surface area contributed by atoms with Crippen molar-refractivity contribution in [3.8, 4) is 0 Å². The van der Waals surface area contributed by atoms with E-state index in [0.29, 0.717) is 6.54 Å². The van der Waals surface area contributed by atoms with Crippen LogP contribution in [-0.4, -0.2) is 14.8 Å². The summed E-state index contributed by atoms with van der Waals surface area (Å²) >= 11 is 0. The maximum absolute atomic E-state index is 12.6. The molecule has 0 fully saturated rings. The minimum Gasteiger partial charge on any atom is -0.396 e. The van der Waals surface area contributed by atoms with E-state index in [1.165, 1.54) is 0 Å². The molecular weight excluding hydrogens is 283 g/mol. The number of aryl methyl sites for hydroxylation is 2. The summed E-state index contributed by atoms with van der Waals surface area (Å²) in [6.45, 7) is 2.32. The van der Waals surface area contributed by atoms with Crippen LogP contribution < -0.4 is 11.1 Å². The minimum absolute atomic E-state index is 0.171. The van der Waals surface area contributed by atoms with Gasteiger partial charge in [0, 0.05) is 25.4 Å². The summed E-state index contributed by atoms with van der Waals surface area (Å²) in [5.74, 6) is 0. The van der Waals surface area contributed by atoms with E-state index in [9.17, 15) is 13.2 Å². The highest BCUT2D eigenvalue weighted by Gasteiger charge is 2.32. The molecule has 0 aromatic carbocycles. The average molecular weight is 299 g/mol. The van der Waals surface area contributed by atoms with Crippen molar-refractivity contribution in [2.24, 2.45) is 7.05 Å². The van der Waals surface area contributed by atoms with E-state index in [4.69, 9.17) is 5.73 Å². The van der Waals surface area contributed by atoms with Crippen LogP contribution in [0.4, 0.5) is 24.5 Å². The van der Waals surface area contributed by atoms with Gasteiger partial charge in [-0.3, -0.25) is 4.68 Å². The lowest BCUT2D eigenvalue weighted by atomic mass is 10.2. The maximum atomic E-state index is 12.6. The van der Waals surface area contributed by atoms with Gasteiger partial charge in [0.15, 0.2) is 0 Å². The molecule has 0 spiro atoms. The predicted octanol–water partition coefficient (Wildman–Crippen LogP) is 2.59. The van der Waals surface area contributed by atoms with Gasteiger partial charge in [-0.1, -0.05) is 6.92 Å². The SMILES string of the molecule is CCc1nn(C)cc1CNc1cc(C(F)(F)F)ncc1N. The largest absolute Gasteiger partial charge is 0.433 e. The number of hydrogen-bond donors (Lipinski definition) is 2. The lowest BCUT2D eigenvalue weighted by molar-refractivity contribution is -0.141. The molecule has 0 saturated heterocycles. The molecular formula is C13H16F3N5. The molecule has 0 aliphatic heterocycles. The average Bonchev–Trinajstić information content (AvgIpc) is 2.76. The molecule has 5 nitrogen and oxygen atoms in total. The molecule has 0 atom stereocenters. The number of aromatic nitrogens is 3. The Balaban J connectivity index is 2.19. The molecule has 0 aliphatic rings. The van der Waals surface area contributed by atoms with Crippen molar-refractivity contribution in [2.45, 2.75) is 26.1 Å². The Labute approximate surface area is 120 Å². The van der Waals surface area contributed by atoms with Gasteiger partial charge in [-0.25, -0.2) is 4.98 Å². The molecule has 21 heavy (non-hydrogen) atoms. The lowest BCUT2D eigenvalue weighted by Gasteiger charge is -2.12. The molecule has 114 valence electrons. The number of nitrogens with two attached hydrogens (primary N) is 1. The summed E-state index contributed by atoms with van der Waals surface area (Å²) in [5, 5.41) is 7.19. The van der Waals surface area contributed by atoms with Crippen molar-refractivity contribution in [2.75, 3.05) is 11.1 Å². The Kier molecular flexibility index (Phi) is 4.06. The molecule has 0 aliphatic carbocycles. The monoisotopic (exact) mass is 299 g/mol. The highest BCUT2D eigenvalue weighted by atomic mass is 19.4. The number of pyridine rings is 1. The first-order valence-electron chi connectivity index (χ1n) is 6.39. The summed E-state index contributed by atoms with van der Waals surface area (Å²) in [4.78, 5) is 3.30. The van der Waals surface area contributed by atoms with Crippen molar-refractivity contribution >= 4 is 11.4 Å². The van der Waals surface area contributed by atoms with E-state index < -0.39 is 11.9 Å². The van der Waals surface area contributed by atoms with Crippen LogP contribution >= 0.6 is 0 Å². The van der Waals surface area contributed by atoms with Crippen LogP contribution in [0.15, 0.2) is 18.5 Å². The molecule has 2 rings (SSSR count). The van der Waals surface area contributed by atoms with E-state index in [1.54, 1.807) is 11.7 Å². The van der Waals surface area contributed by atoms with Crippen molar-refractivity contribution < 1.29 is 13.2 Å².